The van der Waals surface area contributed by atoms with Crippen molar-refractivity contribution in [2.24, 2.45) is 0 Å². The van der Waals surface area contributed by atoms with Crippen molar-refractivity contribution >= 4 is 0 Å². The third-order valence-electron chi connectivity index (χ3n) is 3.54. The van der Waals surface area contributed by atoms with Crippen LogP contribution in [0.25, 0.3) is 5.95 Å². The fourth-order valence-corrected chi connectivity index (χ4v) is 2.35. The van der Waals surface area contributed by atoms with Gasteiger partial charge in [0.15, 0.2) is 0 Å². The quantitative estimate of drug-likeness (QED) is 0.869. The van der Waals surface area contributed by atoms with Crippen molar-refractivity contribution in [3.63, 3.8) is 0 Å². The largest absolute Gasteiger partial charge is 0.314 e. The van der Waals surface area contributed by atoms with E-state index >= 15 is 0 Å². The average molecular weight is 283 g/mol. The molecule has 1 aliphatic heterocycles. The van der Waals surface area contributed by atoms with E-state index in [0.29, 0.717) is 17.2 Å². The number of nitrogens with zero attached hydrogens (tertiary/aromatic N) is 6. The third kappa shape index (κ3) is 3.07. The Hall–Kier alpha value is -2.30. The van der Waals surface area contributed by atoms with Crippen molar-refractivity contribution in [3.05, 3.63) is 35.4 Å². The minimum atomic E-state index is 0.493. The van der Waals surface area contributed by atoms with E-state index in [1.807, 2.05) is 12.4 Å². The Morgan fingerprint density at radius 3 is 2.86 bits per heavy atom. The van der Waals surface area contributed by atoms with Crippen molar-refractivity contribution in [3.8, 4) is 12.0 Å². The SMILES string of the molecule is Cc1nc(-n2cc(CN3CCNCC3)cn2)ncc1C#N. The van der Waals surface area contributed by atoms with Crippen LogP contribution in [0.4, 0.5) is 0 Å². The second-order valence-corrected chi connectivity index (χ2v) is 5.10. The number of hydrogen-bond donors (Lipinski definition) is 1. The van der Waals surface area contributed by atoms with Gasteiger partial charge in [-0.2, -0.15) is 10.4 Å². The Morgan fingerprint density at radius 1 is 1.33 bits per heavy atom. The van der Waals surface area contributed by atoms with E-state index in [-0.39, 0.29) is 0 Å². The van der Waals surface area contributed by atoms with Gasteiger partial charge in [0.1, 0.15) is 6.07 Å². The van der Waals surface area contributed by atoms with Crippen LogP contribution in [0.2, 0.25) is 0 Å². The van der Waals surface area contributed by atoms with Crippen molar-refractivity contribution in [2.45, 2.75) is 13.5 Å². The van der Waals surface area contributed by atoms with E-state index in [1.54, 1.807) is 11.6 Å². The van der Waals surface area contributed by atoms with E-state index in [2.05, 4.69) is 31.4 Å². The smallest absolute Gasteiger partial charge is 0.250 e. The molecular weight excluding hydrogens is 266 g/mol. The first kappa shape index (κ1) is 13.7. The highest BCUT2D eigenvalue weighted by Gasteiger charge is 2.12. The molecule has 0 atom stereocenters. The second-order valence-electron chi connectivity index (χ2n) is 5.10. The number of nitrogens with one attached hydrogen (secondary N) is 1. The molecule has 1 N–H and O–H groups in total. The van der Waals surface area contributed by atoms with Crippen molar-refractivity contribution < 1.29 is 0 Å². The molecule has 0 spiro atoms. The maximum absolute atomic E-state index is 8.90. The van der Waals surface area contributed by atoms with Crippen LogP contribution in [0.3, 0.4) is 0 Å². The summed E-state index contributed by atoms with van der Waals surface area (Å²) in [6, 6.07) is 2.07. The molecule has 0 aromatic carbocycles. The zero-order chi connectivity index (χ0) is 14.7. The Balaban J connectivity index is 1.75. The number of aryl methyl sites for hydroxylation is 1. The standard InChI is InChI=1S/C14H17N7/c1-11-13(6-15)8-17-14(19-11)21-10-12(7-18-21)9-20-4-2-16-3-5-20/h7-8,10,16H,2-5,9H2,1H3. The van der Waals surface area contributed by atoms with Gasteiger partial charge in [0, 0.05) is 44.5 Å². The van der Waals surface area contributed by atoms with Crippen LogP contribution < -0.4 is 5.32 Å². The molecule has 108 valence electrons. The summed E-state index contributed by atoms with van der Waals surface area (Å²) in [6.07, 6.45) is 5.33. The molecule has 0 radical (unpaired) electrons. The molecule has 2 aromatic rings. The van der Waals surface area contributed by atoms with Crippen LogP contribution in [0.5, 0.6) is 0 Å². The fraction of sp³-hybridized carbons (Fsp3) is 0.429. The number of piperazine rings is 1. The van der Waals surface area contributed by atoms with Crippen molar-refractivity contribution in [2.75, 3.05) is 26.2 Å². The molecule has 0 aliphatic carbocycles. The van der Waals surface area contributed by atoms with E-state index in [9.17, 15) is 0 Å². The monoisotopic (exact) mass is 283 g/mol. The molecule has 21 heavy (non-hydrogen) atoms. The molecular formula is C14H17N7. The predicted molar refractivity (Wildman–Crippen MR) is 76.8 cm³/mol. The van der Waals surface area contributed by atoms with Gasteiger partial charge in [-0.25, -0.2) is 14.6 Å². The second kappa shape index (κ2) is 5.99. The average Bonchev–Trinajstić information content (AvgIpc) is 2.97. The predicted octanol–water partition coefficient (Wildman–Crippen LogP) is 0.248. The fourth-order valence-electron chi connectivity index (χ4n) is 2.35. The summed E-state index contributed by atoms with van der Waals surface area (Å²) >= 11 is 0. The molecule has 3 rings (SSSR count). The molecule has 0 unspecified atom stereocenters. The maximum Gasteiger partial charge on any atom is 0.250 e. The lowest BCUT2D eigenvalue weighted by atomic mass is 10.3. The van der Waals surface area contributed by atoms with Crippen LogP contribution in [-0.4, -0.2) is 50.8 Å². The third-order valence-corrected chi connectivity index (χ3v) is 3.54. The van der Waals surface area contributed by atoms with Gasteiger partial charge in [-0.3, -0.25) is 4.90 Å². The van der Waals surface area contributed by atoms with Gasteiger partial charge >= 0.3 is 0 Å². The Bertz CT molecular complexity index is 664. The van der Waals surface area contributed by atoms with Gasteiger partial charge in [0.2, 0.25) is 0 Å². The Morgan fingerprint density at radius 2 is 2.14 bits per heavy atom. The zero-order valence-electron chi connectivity index (χ0n) is 12.0. The van der Waals surface area contributed by atoms with E-state index in [0.717, 1.165) is 38.3 Å². The van der Waals surface area contributed by atoms with Gasteiger partial charge in [0.05, 0.1) is 23.7 Å². The first-order chi connectivity index (χ1) is 10.3. The van der Waals surface area contributed by atoms with Gasteiger partial charge in [-0.05, 0) is 6.92 Å². The van der Waals surface area contributed by atoms with E-state index in [4.69, 9.17) is 5.26 Å². The number of hydrogen-bond acceptors (Lipinski definition) is 6. The van der Waals surface area contributed by atoms with Crippen molar-refractivity contribution in [1.82, 2.24) is 30.0 Å². The van der Waals surface area contributed by atoms with E-state index in [1.165, 1.54) is 6.20 Å². The Kier molecular flexibility index (Phi) is 3.90. The molecule has 0 amide bonds. The normalized spacial score (nSPS) is 15.8. The van der Waals surface area contributed by atoms with Crippen LogP contribution >= 0.6 is 0 Å². The molecule has 1 fully saturated rings. The summed E-state index contributed by atoms with van der Waals surface area (Å²) in [4.78, 5) is 10.9. The highest BCUT2D eigenvalue weighted by Crippen LogP contribution is 2.09. The van der Waals surface area contributed by atoms with Crippen molar-refractivity contribution in [1.29, 1.82) is 5.26 Å². The summed E-state index contributed by atoms with van der Waals surface area (Å²) in [5.74, 6) is 0.498. The molecule has 0 bridgehead atoms. The van der Waals surface area contributed by atoms with Crippen LogP contribution in [0, 0.1) is 18.3 Å². The van der Waals surface area contributed by atoms with Crippen LogP contribution in [0.15, 0.2) is 18.6 Å². The van der Waals surface area contributed by atoms with Crippen LogP contribution in [0.1, 0.15) is 16.8 Å². The number of rotatable bonds is 3. The number of aromatic nitrogens is 4. The molecule has 2 aromatic heterocycles. The van der Waals surface area contributed by atoms with Gasteiger partial charge in [-0.15, -0.1) is 0 Å². The lowest BCUT2D eigenvalue weighted by Gasteiger charge is -2.26. The van der Waals surface area contributed by atoms with E-state index < -0.39 is 0 Å². The molecule has 1 aliphatic rings. The maximum atomic E-state index is 8.90. The van der Waals surface area contributed by atoms with Gasteiger partial charge < -0.3 is 5.32 Å². The Labute approximate surface area is 123 Å². The lowest BCUT2D eigenvalue weighted by Crippen LogP contribution is -2.42. The van der Waals surface area contributed by atoms with Gasteiger partial charge in [0.25, 0.3) is 5.95 Å². The first-order valence-corrected chi connectivity index (χ1v) is 6.97. The molecule has 3 heterocycles. The summed E-state index contributed by atoms with van der Waals surface area (Å²) in [7, 11) is 0. The molecule has 7 heteroatoms. The summed E-state index contributed by atoms with van der Waals surface area (Å²) in [5.41, 5.74) is 2.30. The molecule has 1 saturated heterocycles. The zero-order valence-corrected chi connectivity index (χ0v) is 12.0. The van der Waals surface area contributed by atoms with Gasteiger partial charge in [-0.1, -0.05) is 0 Å². The highest BCUT2D eigenvalue weighted by molar-refractivity contribution is 5.32. The first-order valence-electron chi connectivity index (χ1n) is 6.97. The molecule has 7 nitrogen and oxygen atoms in total. The summed E-state index contributed by atoms with van der Waals surface area (Å²) in [5, 5.41) is 16.6. The molecule has 0 saturated carbocycles. The summed E-state index contributed by atoms with van der Waals surface area (Å²) < 4.78 is 1.66. The lowest BCUT2D eigenvalue weighted by molar-refractivity contribution is 0.233. The number of nitriles is 1. The van der Waals surface area contributed by atoms with Crippen LogP contribution in [-0.2, 0) is 6.54 Å². The minimum absolute atomic E-state index is 0.493. The minimum Gasteiger partial charge on any atom is -0.314 e. The topological polar surface area (TPSA) is 82.7 Å². The summed E-state index contributed by atoms with van der Waals surface area (Å²) in [6.45, 7) is 6.86. The highest BCUT2D eigenvalue weighted by atomic mass is 15.3.